The molecule has 20 heavy (non-hydrogen) atoms. The number of hydrogen-bond donors (Lipinski definition) is 1. The number of nitrogens with one attached hydrogen (secondary N) is 1. The summed E-state index contributed by atoms with van der Waals surface area (Å²) in [4.78, 5) is 0.212. The first-order valence-electron chi connectivity index (χ1n) is 5.53. The second-order valence-corrected chi connectivity index (χ2v) is 7.94. The number of hydrogen-bond acceptors (Lipinski definition) is 2. The third kappa shape index (κ3) is 3.55. The van der Waals surface area contributed by atoms with Crippen molar-refractivity contribution in [3.05, 3.63) is 55.9 Å². The fourth-order valence-electron chi connectivity index (χ4n) is 1.56. The number of anilines is 1. The summed E-state index contributed by atoms with van der Waals surface area (Å²) in [6.45, 7) is 1.84. The van der Waals surface area contributed by atoms with Gasteiger partial charge in [0.15, 0.2) is 0 Å². The zero-order chi connectivity index (χ0) is 14.9. The number of halogens is 3. The maximum absolute atomic E-state index is 12.3. The van der Waals surface area contributed by atoms with E-state index in [-0.39, 0.29) is 4.90 Å². The molecule has 0 atom stereocenters. The van der Waals surface area contributed by atoms with Gasteiger partial charge in [-0.3, -0.25) is 4.72 Å². The van der Waals surface area contributed by atoms with Crippen LogP contribution in [0.3, 0.4) is 0 Å². The Balaban J connectivity index is 2.35. The Morgan fingerprint density at radius 3 is 2.35 bits per heavy atom. The van der Waals surface area contributed by atoms with Crippen LogP contribution in [0.15, 0.2) is 50.2 Å². The van der Waals surface area contributed by atoms with Crippen LogP contribution in [-0.2, 0) is 10.0 Å². The van der Waals surface area contributed by atoms with E-state index in [9.17, 15) is 8.42 Å². The van der Waals surface area contributed by atoms with Gasteiger partial charge in [0.2, 0.25) is 0 Å². The van der Waals surface area contributed by atoms with Gasteiger partial charge in [0.05, 0.1) is 15.6 Å². The largest absolute Gasteiger partial charge is 0.280 e. The van der Waals surface area contributed by atoms with Crippen molar-refractivity contribution >= 4 is 59.2 Å². The normalized spacial score (nSPS) is 11.4. The summed E-state index contributed by atoms with van der Waals surface area (Å²) in [6, 6.07) is 9.71. The SMILES string of the molecule is Cc1cc(S(=O)(=O)Nc2ccc(Cl)c(Br)c2)ccc1Br. The lowest BCUT2D eigenvalue weighted by Gasteiger charge is -2.10. The Kier molecular flexibility index (Phi) is 4.79. The van der Waals surface area contributed by atoms with E-state index in [2.05, 4.69) is 36.6 Å². The molecule has 2 rings (SSSR count). The molecule has 0 amide bonds. The highest BCUT2D eigenvalue weighted by molar-refractivity contribution is 9.10. The van der Waals surface area contributed by atoms with Crippen molar-refractivity contribution in [1.29, 1.82) is 0 Å². The Hall–Kier alpha value is -0.560. The predicted molar refractivity (Wildman–Crippen MR) is 88.8 cm³/mol. The lowest BCUT2D eigenvalue weighted by atomic mass is 10.2. The fourth-order valence-corrected chi connectivity index (χ4v) is 3.44. The van der Waals surface area contributed by atoms with Crippen molar-refractivity contribution < 1.29 is 8.42 Å². The van der Waals surface area contributed by atoms with E-state index in [4.69, 9.17) is 11.6 Å². The molecule has 0 radical (unpaired) electrons. The summed E-state index contributed by atoms with van der Waals surface area (Å²) in [6.07, 6.45) is 0. The van der Waals surface area contributed by atoms with E-state index < -0.39 is 10.0 Å². The first kappa shape index (κ1) is 15.8. The molecular formula is C13H10Br2ClNO2S. The van der Waals surface area contributed by atoms with Crippen LogP contribution in [0.25, 0.3) is 0 Å². The Bertz CT molecular complexity index is 763. The van der Waals surface area contributed by atoms with Crippen molar-refractivity contribution in [3.63, 3.8) is 0 Å². The van der Waals surface area contributed by atoms with Crippen LogP contribution in [0, 0.1) is 6.92 Å². The minimum absolute atomic E-state index is 0.212. The molecule has 106 valence electrons. The molecule has 0 spiro atoms. The lowest BCUT2D eigenvalue weighted by molar-refractivity contribution is 0.601. The zero-order valence-electron chi connectivity index (χ0n) is 10.3. The van der Waals surface area contributed by atoms with E-state index in [1.807, 2.05) is 6.92 Å². The number of benzene rings is 2. The predicted octanol–water partition coefficient (Wildman–Crippen LogP) is 4.97. The summed E-state index contributed by atoms with van der Waals surface area (Å²) < 4.78 is 28.6. The molecule has 0 saturated carbocycles. The zero-order valence-corrected chi connectivity index (χ0v) is 15.1. The maximum Gasteiger partial charge on any atom is 0.261 e. The quantitative estimate of drug-likeness (QED) is 0.734. The summed E-state index contributed by atoms with van der Waals surface area (Å²) in [5, 5.41) is 0.521. The molecule has 0 bridgehead atoms. The summed E-state index contributed by atoms with van der Waals surface area (Å²) in [5.74, 6) is 0. The molecule has 0 aliphatic carbocycles. The van der Waals surface area contributed by atoms with Crippen LogP contribution in [0.1, 0.15) is 5.56 Å². The highest BCUT2D eigenvalue weighted by Crippen LogP contribution is 2.27. The number of rotatable bonds is 3. The smallest absolute Gasteiger partial charge is 0.261 e. The number of aryl methyl sites for hydroxylation is 1. The highest BCUT2D eigenvalue weighted by atomic mass is 79.9. The van der Waals surface area contributed by atoms with Gasteiger partial charge >= 0.3 is 0 Å². The van der Waals surface area contributed by atoms with E-state index in [0.29, 0.717) is 15.2 Å². The fraction of sp³-hybridized carbons (Fsp3) is 0.0769. The Morgan fingerprint density at radius 2 is 1.75 bits per heavy atom. The first-order chi connectivity index (χ1) is 9.29. The second-order valence-electron chi connectivity index (χ2n) is 4.15. The third-order valence-electron chi connectivity index (χ3n) is 2.61. The van der Waals surface area contributed by atoms with Crippen molar-refractivity contribution in [2.24, 2.45) is 0 Å². The van der Waals surface area contributed by atoms with Crippen molar-refractivity contribution in [1.82, 2.24) is 0 Å². The standard InChI is InChI=1S/C13H10Br2ClNO2S/c1-8-6-10(3-4-11(8)14)20(18,19)17-9-2-5-13(16)12(15)7-9/h2-7,17H,1H3. The number of sulfonamides is 1. The molecule has 0 heterocycles. The van der Waals surface area contributed by atoms with Gasteiger partial charge in [0.1, 0.15) is 0 Å². The van der Waals surface area contributed by atoms with E-state index >= 15 is 0 Å². The van der Waals surface area contributed by atoms with Crippen molar-refractivity contribution in [2.45, 2.75) is 11.8 Å². The van der Waals surface area contributed by atoms with E-state index in [1.165, 1.54) is 0 Å². The summed E-state index contributed by atoms with van der Waals surface area (Å²) >= 11 is 12.5. The van der Waals surface area contributed by atoms with Gasteiger partial charge in [-0.05, 0) is 64.8 Å². The molecule has 0 aromatic heterocycles. The third-order valence-corrected chi connectivity index (χ3v) is 6.09. The average molecular weight is 440 g/mol. The van der Waals surface area contributed by atoms with Gasteiger partial charge in [-0.25, -0.2) is 8.42 Å². The van der Waals surface area contributed by atoms with Crippen LogP contribution < -0.4 is 4.72 Å². The van der Waals surface area contributed by atoms with Crippen molar-refractivity contribution in [2.75, 3.05) is 4.72 Å². The molecule has 2 aromatic rings. The molecule has 0 fully saturated rings. The Labute approximate surface area is 139 Å². The van der Waals surface area contributed by atoms with E-state index in [0.717, 1.165) is 10.0 Å². The van der Waals surface area contributed by atoms with Gasteiger partial charge in [0.25, 0.3) is 10.0 Å². The van der Waals surface area contributed by atoms with Gasteiger partial charge in [-0.2, -0.15) is 0 Å². The van der Waals surface area contributed by atoms with Crippen LogP contribution in [0.5, 0.6) is 0 Å². The van der Waals surface area contributed by atoms with Crippen LogP contribution in [-0.4, -0.2) is 8.42 Å². The minimum Gasteiger partial charge on any atom is -0.280 e. The molecule has 1 N–H and O–H groups in total. The molecule has 2 aromatic carbocycles. The van der Waals surface area contributed by atoms with E-state index in [1.54, 1.807) is 36.4 Å². The topological polar surface area (TPSA) is 46.2 Å². The first-order valence-corrected chi connectivity index (χ1v) is 8.98. The van der Waals surface area contributed by atoms with Gasteiger partial charge in [-0.1, -0.05) is 27.5 Å². The van der Waals surface area contributed by atoms with Crippen LogP contribution in [0.2, 0.25) is 5.02 Å². The molecular weight excluding hydrogens is 429 g/mol. The lowest BCUT2D eigenvalue weighted by Crippen LogP contribution is -2.13. The molecule has 0 aliphatic heterocycles. The molecule has 7 heteroatoms. The van der Waals surface area contributed by atoms with Gasteiger partial charge in [0, 0.05) is 8.95 Å². The highest BCUT2D eigenvalue weighted by Gasteiger charge is 2.15. The summed E-state index contributed by atoms with van der Waals surface area (Å²) in [7, 11) is -3.62. The maximum atomic E-state index is 12.3. The molecule has 0 saturated heterocycles. The molecule has 0 unspecified atom stereocenters. The minimum atomic E-state index is -3.62. The monoisotopic (exact) mass is 437 g/mol. The summed E-state index contributed by atoms with van der Waals surface area (Å²) in [5.41, 5.74) is 1.30. The van der Waals surface area contributed by atoms with Crippen LogP contribution >= 0.6 is 43.5 Å². The van der Waals surface area contributed by atoms with Crippen molar-refractivity contribution in [3.8, 4) is 0 Å². The van der Waals surface area contributed by atoms with Gasteiger partial charge < -0.3 is 0 Å². The Morgan fingerprint density at radius 1 is 1.05 bits per heavy atom. The average Bonchev–Trinajstić information content (AvgIpc) is 2.37. The second kappa shape index (κ2) is 6.05. The van der Waals surface area contributed by atoms with Crippen LogP contribution in [0.4, 0.5) is 5.69 Å². The molecule has 3 nitrogen and oxygen atoms in total. The van der Waals surface area contributed by atoms with Gasteiger partial charge in [-0.15, -0.1) is 0 Å². The molecule has 0 aliphatic rings.